The van der Waals surface area contributed by atoms with E-state index in [4.69, 9.17) is 5.73 Å². The summed E-state index contributed by atoms with van der Waals surface area (Å²) >= 11 is 0. The molecule has 2 N–H and O–H groups in total. The zero-order chi connectivity index (χ0) is 11.8. The second-order valence-electron chi connectivity index (χ2n) is 4.09. The Balaban J connectivity index is 2.18. The predicted molar refractivity (Wildman–Crippen MR) is 61.9 cm³/mol. The summed E-state index contributed by atoms with van der Waals surface area (Å²) in [6, 6.07) is 6.58. The van der Waals surface area contributed by atoms with Crippen LogP contribution in [0, 0.1) is 5.92 Å². The number of nitrogens with two attached hydrogens (primary N) is 1. The van der Waals surface area contributed by atoms with Gasteiger partial charge >= 0.3 is 0 Å². The van der Waals surface area contributed by atoms with Crippen molar-refractivity contribution >= 4 is 21.3 Å². The van der Waals surface area contributed by atoms with Gasteiger partial charge in [0.05, 0.1) is 11.5 Å². The van der Waals surface area contributed by atoms with E-state index in [9.17, 15) is 13.2 Å². The first-order valence-corrected chi connectivity index (χ1v) is 6.90. The van der Waals surface area contributed by atoms with Crippen LogP contribution in [0.15, 0.2) is 24.3 Å². The van der Waals surface area contributed by atoms with Crippen LogP contribution < -0.4 is 5.73 Å². The third kappa shape index (κ3) is 2.24. The van der Waals surface area contributed by atoms with Gasteiger partial charge in [-0.1, -0.05) is 0 Å². The molecule has 0 radical (unpaired) electrons. The molecule has 86 valence electrons. The van der Waals surface area contributed by atoms with Gasteiger partial charge in [-0.25, -0.2) is 8.42 Å². The highest BCUT2D eigenvalue weighted by atomic mass is 32.2. The number of hydrogen-bond donors (Lipinski definition) is 1. The highest BCUT2D eigenvalue weighted by molar-refractivity contribution is 7.91. The minimum Gasteiger partial charge on any atom is -0.399 e. The third-order valence-corrected chi connectivity index (χ3v) is 4.57. The highest BCUT2D eigenvalue weighted by Crippen LogP contribution is 2.23. The second-order valence-corrected chi connectivity index (χ2v) is 6.31. The Morgan fingerprint density at radius 1 is 1.25 bits per heavy atom. The summed E-state index contributed by atoms with van der Waals surface area (Å²) in [4.78, 5) is 11.9. The molecular formula is C11H13NO3S. The Bertz CT molecular complexity index is 505. The number of nitrogen functional groups attached to an aromatic ring is 1. The molecule has 4 nitrogen and oxygen atoms in total. The van der Waals surface area contributed by atoms with Crippen LogP contribution in [0.2, 0.25) is 0 Å². The number of benzene rings is 1. The van der Waals surface area contributed by atoms with Gasteiger partial charge in [0.1, 0.15) is 0 Å². The molecule has 1 aromatic rings. The van der Waals surface area contributed by atoms with Gasteiger partial charge in [-0.3, -0.25) is 4.79 Å². The van der Waals surface area contributed by atoms with E-state index in [0.29, 0.717) is 17.7 Å². The smallest absolute Gasteiger partial charge is 0.166 e. The maximum absolute atomic E-state index is 11.9. The highest BCUT2D eigenvalue weighted by Gasteiger charge is 2.33. The molecule has 5 heteroatoms. The van der Waals surface area contributed by atoms with Crippen LogP contribution >= 0.6 is 0 Å². The van der Waals surface area contributed by atoms with E-state index in [1.165, 1.54) is 0 Å². The molecule has 1 aliphatic rings. The van der Waals surface area contributed by atoms with Crippen molar-refractivity contribution in [2.75, 3.05) is 17.2 Å². The van der Waals surface area contributed by atoms with Crippen LogP contribution in [0.3, 0.4) is 0 Å². The molecule has 16 heavy (non-hydrogen) atoms. The summed E-state index contributed by atoms with van der Waals surface area (Å²) in [5, 5.41) is 0. The summed E-state index contributed by atoms with van der Waals surface area (Å²) in [6.07, 6.45) is 0.436. The first-order chi connectivity index (χ1) is 7.48. The number of carbonyl (C=O) groups excluding carboxylic acids is 1. The molecule has 0 aromatic heterocycles. The van der Waals surface area contributed by atoms with Crippen molar-refractivity contribution in [1.82, 2.24) is 0 Å². The van der Waals surface area contributed by atoms with Gasteiger partial charge in [0, 0.05) is 17.2 Å². The maximum Gasteiger partial charge on any atom is 0.166 e. The quantitative estimate of drug-likeness (QED) is 0.614. The Kier molecular flexibility index (Phi) is 2.71. The lowest BCUT2D eigenvalue weighted by Gasteiger charge is -2.06. The molecule has 1 fully saturated rings. The number of hydrogen-bond acceptors (Lipinski definition) is 4. The molecule has 0 bridgehead atoms. The molecule has 1 unspecified atom stereocenters. The van der Waals surface area contributed by atoms with E-state index < -0.39 is 9.84 Å². The van der Waals surface area contributed by atoms with Gasteiger partial charge in [0.15, 0.2) is 15.6 Å². The normalized spacial score (nSPS) is 23.1. The summed E-state index contributed by atoms with van der Waals surface area (Å²) in [5.74, 6) is -0.371. The number of rotatable bonds is 2. The average molecular weight is 239 g/mol. The lowest BCUT2D eigenvalue weighted by Crippen LogP contribution is -2.16. The molecule has 0 spiro atoms. The summed E-state index contributed by atoms with van der Waals surface area (Å²) < 4.78 is 22.5. The van der Waals surface area contributed by atoms with Gasteiger partial charge < -0.3 is 5.73 Å². The van der Waals surface area contributed by atoms with E-state index in [1.807, 2.05) is 0 Å². The Morgan fingerprint density at radius 2 is 1.88 bits per heavy atom. The summed E-state index contributed by atoms with van der Waals surface area (Å²) in [6.45, 7) is 0. The maximum atomic E-state index is 11.9. The van der Waals surface area contributed by atoms with Crippen molar-refractivity contribution in [3.05, 3.63) is 29.8 Å². The van der Waals surface area contributed by atoms with Crippen LogP contribution in [0.1, 0.15) is 16.8 Å². The predicted octanol–water partition coefficient (Wildman–Crippen LogP) is 0.886. The van der Waals surface area contributed by atoms with Crippen molar-refractivity contribution < 1.29 is 13.2 Å². The van der Waals surface area contributed by atoms with Crippen LogP contribution in [0.5, 0.6) is 0 Å². The lowest BCUT2D eigenvalue weighted by molar-refractivity contribution is 0.0933. The summed E-state index contributed by atoms with van der Waals surface area (Å²) in [7, 11) is -3.00. The monoisotopic (exact) mass is 239 g/mol. The molecule has 0 saturated carbocycles. The number of sulfone groups is 1. The number of ketones is 1. The van der Waals surface area contributed by atoms with Crippen LogP contribution in [0.4, 0.5) is 5.69 Å². The van der Waals surface area contributed by atoms with Gasteiger partial charge in [0.2, 0.25) is 0 Å². The molecule has 0 amide bonds. The van der Waals surface area contributed by atoms with Crippen molar-refractivity contribution in [2.24, 2.45) is 5.92 Å². The molecule has 1 atom stereocenters. The Hall–Kier alpha value is -1.36. The number of carbonyl (C=O) groups is 1. The standard InChI is InChI=1S/C11H13NO3S/c12-10-3-1-8(2-4-10)11(13)9-5-6-16(14,15)7-9/h1-4,9H,5-7,12H2. The van der Waals surface area contributed by atoms with Crippen LogP contribution in [0.25, 0.3) is 0 Å². The molecule has 0 aliphatic carbocycles. The van der Waals surface area contributed by atoms with Crippen molar-refractivity contribution in [1.29, 1.82) is 0 Å². The molecule has 1 saturated heterocycles. The van der Waals surface area contributed by atoms with Crippen LogP contribution in [-0.2, 0) is 9.84 Å². The fourth-order valence-electron chi connectivity index (χ4n) is 1.88. The minimum absolute atomic E-state index is 0.0176. The first kappa shape index (κ1) is 11.1. The largest absolute Gasteiger partial charge is 0.399 e. The molecule has 1 aromatic carbocycles. The fourth-order valence-corrected chi connectivity index (χ4v) is 3.63. The third-order valence-electron chi connectivity index (χ3n) is 2.80. The van der Waals surface area contributed by atoms with E-state index in [-0.39, 0.29) is 23.2 Å². The molecular weight excluding hydrogens is 226 g/mol. The lowest BCUT2D eigenvalue weighted by atomic mass is 9.97. The first-order valence-electron chi connectivity index (χ1n) is 5.08. The van der Waals surface area contributed by atoms with Crippen molar-refractivity contribution in [2.45, 2.75) is 6.42 Å². The van der Waals surface area contributed by atoms with Crippen molar-refractivity contribution in [3.63, 3.8) is 0 Å². The topological polar surface area (TPSA) is 77.2 Å². The van der Waals surface area contributed by atoms with E-state index in [1.54, 1.807) is 24.3 Å². The fraction of sp³-hybridized carbons (Fsp3) is 0.364. The van der Waals surface area contributed by atoms with E-state index in [0.717, 1.165) is 0 Å². The number of Topliss-reactive ketones (excluding diaryl/α,β-unsaturated/α-hetero) is 1. The van der Waals surface area contributed by atoms with E-state index in [2.05, 4.69) is 0 Å². The SMILES string of the molecule is Nc1ccc(C(=O)C2CCS(=O)(=O)C2)cc1. The zero-order valence-corrected chi connectivity index (χ0v) is 9.53. The Labute approximate surface area is 94.4 Å². The van der Waals surface area contributed by atoms with Gasteiger partial charge in [-0.2, -0.15) is 0 Å². The van der Waals surface area contributed by atoms with E-state index >= 15 is 0 Å². The second kappa shape index (κ2) is 3.90. The van der Waals surface area contributed by atoms with Gasteiger partial charge in [0.25, 0.3) is 0 Å². The number of anilines is 1. The molecule has 1 heterocycles. The van der Waals surface area contributed by atoms with Crippen molar-refractivity contribution in [3.8, 4) is 0 Å². The molecule has 1 aliphatic heterocycles. The minimum atomic E-state index is -3.00. The van der Waals surface area contributed by atoms with Gasteiger partial charge in [-0.05, 0) is 30.7 Å². The van der Waals surface area contributed by atoms with Crippen LogP contribution in [-0.4, -0.2) is 25.7 Å². The zero-order valence-electron chi connectivity index (χ0n) is 8.72. The average Bonchev–Trinajstić information content (AvgIpc) is 2.59. The Morgan fingerprint density at radius 3 is 2.38 bits per heavy atom. The molecule has 2 rings (SSSR count). The van der Waals surface area contributed by atoms with Gasteiger partial charge in [-0.15, -0.1) is 0 Å². The summed E-state index contributed by atoms with van der Waals surface area (Å²) in [5.41, 5.74) is 6.65.